The number of fused-ring (bicyclic) bond motifs is 1. The van der Waals surface area contributed by atoms with Gasteiger partial charge in [-0.3, -0.25) is 4.79 Å². The summed E-state index contributed by atoms with van der Waals surface area (Å²) in [7, 11) is -1.63. The Kier molecular flexibility index (Phi) is 7.10. The molecule has 0 saturated carbocycles. The second-order valence-corrected chi connectivity index (χ2v) is 9.49. The summed E-state index contributed by atoms with van der Waals surface area (Å²) in [6.07, 6.45) is 6.40. The van der Waals surface area contributed by atoms with Crippen LogP contribution in [0.1, 0.15) is 49.4 Å². The first kappa shape index (κ1) is 22.2. The molecular weight excluding hydrogens is 396 g/mol. The Labute approximate surface area is 180 Å². The molecule has 3 rings (SSSR count). The minimum Gasteiger partial charge on any atom is -0.335 e. The second-order valence-electron chi connectivity index (χ2n) is 7.55. The molecule has 1 atom stereocenters. The highest BCUT2D eigenvalue weighted by Crippen LogP contribution is 2.33. The van der Waals surface area contributed by atoms with E-state index in [9.17, 15) is 13.2 Å². The van der Waals surface area contributed by atoms with E-state index in [0.29, 0.717) is 13.1 Å². The number of aryl methyl sites for hydroxylation is 1. The first-order valence-electron chi connectivity index (χ1n) is 10.5. The largest absolute Gasteiger partial charge is 0.335 e. The van der Waals surface area contributed by atoms with Crippen molar-refractivity contribution in [2.45, 2.75) is 44.0 Å². The van der Waals surface area contributed by atoms with Gasteiger partial charge in [0.25, 0.3) is 0 Å². The Morgan fingerprint density at radius 1 is 1.07 bits per heavy atom. The molecule has 0 spiro atoms. The molecule has 160 valence electrons. The lowest BCUT2D eigenvalue weighted by atomic mass is 9.87. The zero-order valence-corrected chi connectivity index (χ0v) is 18.7. The molecule has 0 heterocycles. The molecule has 0 aromatic heterocycles. The number of benzene rings is 2. The highest BCUT2D eigenvalue weighted by molar-refractivity contribution is 7.89. The summed E-state index contributed by atoms with van der Waals surface area (Å²) in [6, 6.07) is 15.1. The summed E-state index contributed by atoms with van der Waals surface area (Å²) in [5.74, 6) is -0.0588. The molecule has 1 unspecified atom stereocenters. The molecule has 0 saturated heterocycles. The summed E-state index contributed by atoms with van der Waals surface area (Å²) in [6.45, 7) is 4.52. The third-order valence-electron chi connectivity index (χ3n) is 5.79. The molecule has 0 radical (unpaired) electrons. The van der Waals surface area contributed by atoms with Crippen LogP contribution in [0, 0.1) is 0 Å². The molecule has 2 aromatic rings. The Morgan fingerprint density at radius 2 is 1.73 bits per heavy atom. The molecule has 0 N–H and O–H groups in total. The molecule has 1 aliphatic rings. The third-order valence-corrected chi connectivity index (χ3v) is 7.86. The predicted octanol–water partition coefficient (Wildman–Crippen LogP) is 4.27. The molecule has 2 aromatic carbocycles. The van der Waals surface area contributed by atoms with Crippen LogP contribution in [0.3, 0.4) is 0 Å². The van der Waals surface area contributed by atoms with Crippen LogP contribution in [0.25, 0.3) is 6.08 Å². The predicted molar refractivity (Wildman–Crippen MR) is 120 cm³/mol. The molecule has 1 amide bonds. The fraction of sp³-hybridized carbons (Fsp3) is 0.375. The van der Waals surface area contributed by atoms with E-state index in [4.69, 9.17) is 0 Å². The van der Waals surface area contributed by atoms with Gasteiger partial charge in [0.2, 0.25) is 15.9 Å². The maximum absolute atomic E-state index is 12.8. The molecule has 1 aliphatic carbocycles. The van der Waals surface area contributed by atoms with Crippen molar-refractivity contribution in [2.75, 3.05) is 20.1 Å². The standard InChI is InChI=1S/C24H30N2O3S/c1-4-26(5-2)30(28,29)21-16-13-19(14-17-21)15-18-24(27)25(3)23-12-8-10-20-9-6-7-11-22(20)23/h6-7,9,11,13-18,23H,4-5,8,10,12H2,1-3H3/b18-15+. The van der Waals surface area contributed by atoms with Gasteiger partial charge in [0, 0.05) is 26.2 Å². The van der Waals surface area contributed by atoms with Crippen LogP contribution in [0.4, 0.5) is 0 Å². The summed E-state index contributed by atoms with van der Waals surface area (Å²) >= 11 is 0. The number of hydrogen-bond acceptors (Lipinski definition) is 3. The van der Waals surface area contributed by atoms with Crippen molar-refractivity contribution in [3.8, 4) is 0 Å². The first-order chi connectivity index (χ1) is 14.4. The molecule has 6 heteroatoms. The van der Waals surface area contributed by atoms with E-state index in [-0.39, 0.29) is 16.8 Å². The van der Waals surface area contributed by atoms with Crippen LogP contribution >= 0.6 is 0 Å². The summed E-state index contributed by atoms with van der Waals surface area (Å²) in [4.78, 5) is 14.8. The molecule has 0 aliphatic heterocycles. The van der Waals surface area contributed by atoms with Crippen molar-refractivity contribution in [3.05, 3.63) is 71.3 Å². The summed E-state index contributed by atoms with van der Waals surface area (Å²) in [5, 5.41) is 0. The number of likely N-dealkylation sites (N-methyl/N-ethyl adjacent to an activating group) is 1. The lowest BCUT2D eigenvalue weighted by Gasteiger charge is -2.32. The first-order valence-corrected chi connectivity index (χ1v) is 11.9. The van der Waals surface area contributed by atoms with Gasteiger partial charge in [-0.25, -0.2) is 8.42 Å². The van der Waals surface area contributed by atoms with Gasteiger partial charge in [0.15, 0.2) is 0 Å². The Morgan fingerprint density at radius 3 is 2.40 bits per heavy atom. The Balaban J connectivity index is 1.71. The summed E-state index contributed by atoms with van der Waals surface area (Å²) in [5.41, 5.74) is 3.35. The van der Waals surface area contributed by atoms with Gasteiger partial charge < -0.3 is 4.90 Å². The maximum Gasteiger partial charge on any atom is 0.246 e. The van der Waals surface area contributed by atoms with E-state index in [1.807, 2.05) is 33.0 Å². The number of hydrogen-bond donors (Lipinski definition) is 0. The smallest absolute Gasteiger partial charge is 0.246 e. The van der Waals surface area contributed by atoms with E-state index in [0.717, 1.165) is 24.8 Å². The van der Waals surface area contributed by atoms with Gasteiger partial charge in [0.05, 0.1) is 10.9 Å². The van der Waals surface area contributed by atoms with E-state index < -0.39 is 10.0 Å². The Bertz CT molecular complexity index is 1010. The van der Waals surface area contributed by atoms with Crippen molar-refractivity contribution >= 4 is 22.0 Å². The quantitative estimate of drug-likeness (QED) is 0.622. The average molecular weight is 427 g/mol. The van der Waals surface area contributed by atoms with E-state index >= 15 is 0 Å². The van der Waals surface area contributed by atoms with Gasteiger partial charge in [0.1, 0.15) is 0 Å². The van der Waals surface area contributed by atoms with Crippen molar-refractivity contribution < 1.29 is 13.2 Å². The van der Waals surface area contributed by atoms with Crippen molar-refractivity contribution in [3.63, 3.8) is 0 Å². The number of nitrogens with zero attached hydrogens (tertiary/aromatic N) is 2. The summed E-state index contributed by atoms with van der Waals surface area (Å²) < 4.78 is 26.6. The lowest BCUT2D eigenvalue weighted by molar-refractivity contribution is -0.127. The van der Waals surface area contributed by atoms with Crippen LogP contribution < -0.4 is 0 Å². The molecule has 5 nitrogen and oxygen atoms in total. The third kappa shape index (κ3) is 4.65. The molecule has 0 fully saturated rings. The highest BCUT2D eigenvalue weighted by atomic mass is 32.2. The van der Waals surface area contributed by atoms with Crippen LogP contribution in [0.5, 0.6) is 0 Å². The van der Waals surface area contributed by atoms with E-state index in [2.05, 4.69) is 12.1 Å². The van der Waals surface area contributed by atoms with Crippen LogP contribution in [-0.4, -0.2) is 43.7 Å². The Hall–Kier alpha value is -2.44. The normalized spacial score (nSPS) is 16.6. The fourth-order valence-corrected chi connectivity index (χ4v) is 5.49. The highest BCUT2D eigenvalue weighted by Gasteiger charge is 2.25. The van der Waals surface area contributed by atoms with E-state index in [1.165, 1.54) is 15.4 Å². The van der Waals surface area contributed by atoms with E-state index in [1.54, 1.807) is 41.3 Å². The minimum atomic E-state index is -3.47. The minimum absolute atomic E-state index is 0.0588. The van der Waals surface area contributed by atoms with Gasteiger partial charge in [-0.15, -0.1) is 0 Å². The van der Waals surface area contributed by atoms with Crippen LogP contribution in [-0.2, 0) is 21.2 Å². The number of carbonyl (C=O) groups is 1. The van der Waals surface area contributed by atoms with Crippen LogP contribution in [0.15, 0.2) is 59.5 Å². The lowest BCUT2D eigenvalue weighted by Crippen LogP contribution is -2.32. The molecule has 30 heavy (non-hydrogen) atoms. The van der Waals surface area contributed by atoms with Gasteiger partial charge in [-0.1, -0.05) is 50.2 Å². The second kappa shape index (κ2) is 9.58. The van der Waals surface area contributed by atoms with Crippen molar-refractivity contribution in [2.24, 2.45) is 0 Å². The average Bonchev–Trinajstić information content (AvgIpc) is 2.77. The monoisotopic (exact) mass is 426 g/mol. The van der Waals surface area contributed by atoms with Gasteiger partial charge >= 0.3 is 0 Å². The fourth-order valence-electron chi connectivity index (χ4n) is 4.03. The maximum atomic E-state index is 12.8. The number of rotatable bonds is 7. The van der Waals surface area contributed by atoms with Gasteiger partial charge in [-0.05, 0) is 54.2 Å². The van der Waals surface area contributed by atoms with Crippen molar-refractivity contribution in [1.29, 1.82) is 0 Å². The van der Waals surface area contributed by atoms with Crippen molar-refractivity contribution in [1.82, 2.24) is 9.21 Å². The number of carbonyl (C=O) groups excluding carboxylic acids is 1. The SMILES string of the molecule is CCN(CC)S(=O)(=O)c1ccc(/C=C/C(=O)N(C)C2CCCc3ccccc32)cc1. The van der Waals surface area contributed by atoms with Gasteiger partial charge in [-0.2, -0.15) is 4.31 Å². The molecule has 0 bridgehead atoms. The zero-order valence-electron chi connectivity index (χ0n) is 17.9. The zero-order chi connectivity index (χ0) is 21.7. The number of amides is 1. The number of sulfonamides is 1. The topological polar surface area (TPSA) is 57.7 Å². The molecular formula is C24H30N2O3S. The van der Waals surface area contributed by atoms with Crippen LogP contribution in [0.2, 0.25) is 0 Å².